The maximum atomic E-state index is 11.8. The number of hydrogen-bond donors (Lipinski definition) is 3. The van der Waals surface area contributed by atoms with E-state index < -0.39 is 0 Å². The number of nitrogens with zero attached hydrogens (tertiary/aromatic N) is 3. The number of hydrogen-bond acceptors (Lipinski definition) is 5. The van der Waals surface area contributed by atoms with E-state index in [0.717, 1.165) is 12.0 Å². The second-order valence-electron chi connectivity index (χ2n) is 5.30. The molecule has 0 atom stereocenters. The molecule has 0 saturated carbocycles. The van der Waals surface area contributed by atoms with Crippen molar-refractivity contribution in [2.75, 3.05) is 5.43 Å². The number of anilines is 1. The highest BCUT2D eigenvalue weighted by Crippen LogP contribution is 2.22. The van der Waals surface area contributed by atoms with Gasteiger partial charge in [0.25, 0.3) is 5.56 Å². The summed E-state index contributed by atoms with van der Waals surface area (Å²) >= 11 is 0. The van der Waals surface area contributed by atoms with Crippen molar-refractivity contribution in [3.05, 3.63) is 51.4 Å². The zero-order valence-corrected chi connectivity index (χ0v) is 11.8. The largest absolute Gasteiger partial charge is 0.291 e. The van der Waals surface area contributed by atoms with Gasteiger partial charge in [-0.2, -0.15) is 15.2 Å². The molecule has 0 fully saturated rings. The molecule has 0 saturated heterocycles. The van der Waals surface area contributed by atoms with Crippen molar-refractivity contribution in [3.63, 3.8) is 0 Å². The minimum absolute atomic E-state index is 0.256. The number of fused-ring (bicyclic) bond motifs is 2. The summed E-state index contributed by atoms with van der Waals surface area (Å²) in [5.74, 6) is 0.277. The summed E-state index contributed by atoms with van der Waals surface area (Å²) in [5.41, 5.74) is 6.77. The third-order valence-electron chi connectivity index (χ3n) is 3.83. The Bertz CT molecular complexity index is 923. The van der Waals surface area contributed by atoms with E-state index in [9.17, 15) is 4.79 Å². The van der Waals surface area contributed by atoms with Crippen molar-refractivity contribution in [1.29, 1.82) is 0 Å². The van der Waals surface area contributed by atoms with E-state index in [2.05, 4.69) is 42.8 Å². The number of hydrazone groups is 1. The molecule has 3 N–H and O–H groups in total. The number of benzene rings is 1. The molecular formula is C15H14N6O. The highest BCUT2D eigenvalue weighted by molar-refractivity contribution is 5.81. The predicted octanol–water partition coefficient (Wildman–Crippen LogP) is 1.58. The van der Waals surface area contributed by atoms with Gasteiger partial charge in [-0.15, -0.1) is 0 Å². The first-order valence-electron chi connectivity index (χ1n) is 7.14. The third-order valence-corrected chi connectivity index (χ3v) is 3.83. The van der Waals surface area contributed by atoms with Gasteiger partial charge in [0, 0.05) is 0 Å². The maximum Gasteiger partial charge on any atom is 0.263 e. The summed E-state index contributed by atoms with van der Waals surface area (Å²) in [5, 5.41) is 11.0. The molecule has 110 valence electrons. The number of aryl methyl sites for hydroxylation is 2. The number of H-pyrrole nitrogens is 2. The van der Waals surface area contributed by atoms with Crippen LogP contribution < -0.4 is 11.0 Å². The van der Waals surface area contributed by atoms with Gasteiger partial charge in [-0.05, 0) is 42.0 Å². The lowest BCUT2D eigenvalue weighted by Crippen LogP contribution is -2.10. The van der Waals surface area contributed by atoms with E-state index in [1.165, 1.54) is 30.2 Å². The molecule has 1 aliphatic carbocycles. The molecule has 0 radical (unpaired) electrons. The number of nitrogens with one attached hydrogen (secondary N) is 3. The van der Waals surface area contributed by atoms with Crippen LogP contribution in [0.5, 0.6) is 0 Å². The highest BCUT2D eigenvalue weighted by atomic mass is 16.1. The van der Waals surface area contributed by atoms with Crippen LogP contribution in [0.4, 0.5) is 5.95 Å². The van der Waals surface area contributed by atoms with Crippen LogP contribution in [0.2, 0.25) is 0 Å². The summed E-state index contributed by atoms with van der Waals surface area (Å²) < 4.78 is 0. The van der Waals surface area contributed by atoms with Crippen LogP contribution in [0.1, 0.15) is 23.1 Å². The zero-order chi connectivity index (χ0) is 14.9. The first-order chi connectivity index (χ1) is 10.8. The molecule has 0 spiro atoms. The second-order valence-corrected chi connectivity index (χ2v) is 5.30. The topological polar surface area (TPSA) is 98.8 Å². The first-order valence-corrected chi connectivity index (χ1v) is 7.14. The molecule has 22 heavy (non-hydrogen) atoms. The van der Waals surface area contributed by atoms with Gasteiger partial charge in [0.05, 0.1) is 12.4 Å². The van der Waals surface area contributed by atoms with Gasteiger partial charge >= 0.3 is 0 Å². The predicted molar refractivity (Wildman–Crippen MR) is 84.2 cm³/mol. The summed E-state index contributed by atoms with van der Waals surface area (Å²) in [4.78, 5) is 18.6. The van der Waals surface area contributed by atoms with Crippen LogP contribution in [0.25, 0.3) is 11.0 Å². The number of aromatic amines is 2. The third kappa shape index (κ3) is 2.26. The van der Waals surface area contributed by atoms with Gasteiger partial charge in [0.1, 0.15) is 5.39 Å². The SMILES string of the molecule is O=c1[nH]c(N/N=C/c2ccc3c(c2)CCC3)nc2[nH]ncc12. The van der Waals surface area contributed by atoms with Crippen molar-refractivity contribution in [2.24, 2.45) is 5.10 Å². The van der Waals surface area contributed by atoms with Gasteiger partial charge < -0.3 is 0 Å². The molecule has 1 aromatic carbocycles. The average molecular weight is 294 g/mol. The Kier molecular flexibility index (Phi) is 2.96. The lowest BCUT2D eigenvalue weighted by molar-refractivity contribution is 0.912. The first kappa shape index (κ1) is 12.8. The Balaban J connectivity index is 1.54. The van der Waals surface area contributed by atoms with Crippen LogP contribution in [0.3, 0.4) is 0 Å². The fourth-order valence-electron chi connectivity index (χ4n) is 2.74. The Labute approximate surface area is 125 Å². The van der Waals surface area contributed by atoms with Crippen molar-refractivity contribution in [1.82, 2.24) is 20.2 Å². The highest BCUT2D eigenvalue weighted by Gasteiger charge is 2.10. The molecule has 2 aromatic heterocycles. The monoisotopic (exact) mass is 294 g/mol. The molecule has 4 rings (SSSR count). The number of rotatable bonds is 3. The normalized spacial score (nSPS) is 13.8. The summed E-state index contributed by atoms with van der Waals surface area (Å²) in [7, 11) is 0. The number of aromatic nitrogens is 4. The Hall–Kier alpha value is -2.96. The van der Waals surface area contributed by atoms with Gasteiger partial charge in [0.15, 0.2) is 5.65 Å². The lowest BCUT2D eigenvalue weighted by atomic mass is 10.1. The Morgan fingerprint density at radius 3 is 3.14 bits per heavy atom. The van der Waals surface area contributed by atoms with Crippen LogP contribution in [0, 0.1) is 0 Å². The Morgan fingerprint density at radius 2 is 2.18 bits per heavy atom. The van der Waals surface area contributed by atoms with Gasteiger partial charge in [-0.1, -0.05) is 12.1 Å². The minimum Gasteiger partial charge on any atom is -0.291 e. The molecule has 7 nitrogen and oxygen atoms in total. The lowest BCUT2D eigenvalue weighted by Gasteiger charge is -2.01. The summed E-state index contributed by atoms with van der Waals surface area (Å²) in [6, 6.07) is 6.35. The molecule has 0 unspecified atom stereocenters. The molecular weight excluding hydrogens is 280 g/mol. The molecule has 3 aromatic rings. The maximum absolute atomic E-state index is 11.8. The van der Waals surface area contributed by atoms with E-state index in [-0.39, 0.29) is 11.5 Å². The summed E-state index contributed by atoms with van der Waals surface area (Å²) in [6.07, 6.45) is 6.69. The van der Waals surface area contributed by atoms with Crippen LogP contribution in [-0.2, 0) is 12.8 Å². The van der Waals surface area contributed by atoms with Crippen LogP contribution in [-0.4, -0.2) is 26.4 Å². The molecule has 0 amide bonds. The van der Waals surface area contributed by atoms with Crippen molar-refractivity contribution >= 4 is 23.2 Å². The second kappa shape index (κ2) is 5.10. The van der Waals surface area contributed by atoms with Crippen molar-refractivity contribution in [2.45, 2.75) is 19.3 Å². The van der Waals surface area contributed by atoms with E-state index in [1.807, 2.05) is 6.07 Å². The fraction of sp³-hybridized carbons (Fsp3) is 0.200. The van der Waals surface area contributed by atoms with Gasteiger partial charge in [-0.25, -0.2) is 5.43 Å². The summed E-state index contributed by atoms with van der Waals surface area (Å²) in [6.45, 7) is 0. The van der Waals surface area contributed by atoms with Crippen LogP contribution in [0.15, 0.2) is 34.3 Å². The average Bonchev–Trinajstić information content (AvgIpc) is 3.15. The fourth-order valence-corrected chi connectivity index (χ4v) is 2.74. The zero-order valence-electron chi connectivity index (χ0n) is 11.8. The van der Waals surface area contributed by atoms with Crippen LogP contribution >= 0.6 is 0 Å². The molecule has 0 aliphatic heterocycles. The smallest absolute Gasteiger partial charge is 0.263 e. The van der Waals surface area contributed by atoms with E-state index in [0.29, 0.717) is 11.0 Å². The molecule has 2 heterocycles. The standard InChI is InChI=1S/C15H14N6O/c22-14-12-8-17-20-13(12)18-15(19-14)21-16-7-9-4-5-10-2-1-3-11(10)6-9/h4-8H,1-3H2,(H3,17,18,19,20,21,22)/b16-7+. The van der Waals surface area contributed by atoms with E-state index in [1.54, 1.807) is 6.21 Å². The van der Waals surface area contributed by atoms with Crippen molar-refractivity contribution in [3.8, 4) is 0 Å². The van der Waals surface area contributed by atoms with Gasteiger partial charge in [-0.3, -0.25) is 14.9 Å². The van der Waals surface area contributed by atoms with Gasteiger partial charge in [0.2, 0.25) is 5.95 Å². The van der Waals surface area contributed by atoms with E-state index >= 15 is 0 Å². The quantitative estimate of drug-likeness (QED) is 0.504. The molecule has 1 aliphatic rings. The Morgan fingerprint density at radius 1 is 1.27 bits per heavy atom. The molecule has 7 heteroatoms. The molecule has 0 bridgehead atoms. The van der Waals surface area contributed by atoms with Crippen molar-refractivity contribution < 1.29 is 0 Å². The minimum atomic E-state index is -0.256. The van der Waals surface area contributed by atoms with E-state index in [4.69, 9.17) is 0 Å².